The molecule has 0 saturated heterocycles. The first-order valence-corrected chi connectivity index (χ1v) is 4.87. The fourth-order valence-electron chi connectivity index (χ4n) is 2.34. The Balaban J connectivity index is 2.07. The van der Waals surface area contributed by atoms with Crippen LogP contribution in [0.25, 0.3) is 0 Å². The first kappa shape index (κ1) is 7.14. The van der Waals surface area contributed by atoms with Crippen LogP contribution in [-0.4, -0.2) is 0 Å². The van der Waals surface area contributed by atoms with Gasteiger partial charge in [-0.2, -0.15) is 0 Å². The van der Waals surface area contributed by atoms with E-state index in [9.17, 15) is 0 Å². The average molecular weight is 168 g/mol. The van der Waals surface area contributed by atoms with Crippen molar-refractivity contribution in [3.8, 4) is 0 Å². The maximum atomic E-state index is 2.32. The van der Waals surface area contributed by atoms with E-state index >= 15 is 0 Å². The predicted octanol–water partition coefficient (Wildman–Crippen LogP) is 2.90. The molecule has 0 N–H and O–H groups in total. The summed E-state index contributed by atoms with van der Waals surface area (Å²) in [6.45, 7) is 0. The summed E-state index contributed by atoms with van der Waals surface area (Å²) in [6, 6.07) is 8.80. The Hall–Kier alpha value is -1.30. The number of fused-ring (bicyclic) bond motifs is 2. The van der Waals surface area contributed by atoms with Crippen LogP contribution in [0.1, 0.15) is 11.1 Å². The van der Waals surface area contributed by atoms with Gasteiger partial charge in [-0.3, -0.25) is 0 Å². The lowest BCUT2D eigenvalue weighted by atomic mass is 9.82. The van der Waals surface area contributed by atoms with Crippen molar-refractivity contribution in [1.82, 2.24) is 0 Å². The Bertz CT molecular complexity index is 396. The van der Waals surface area contributed by atoms with Crippen LogP contribution in [-0.2, 0) is 12.8 Å². The molecule has 0 spiro atoms. The molecule has 13 heavy (non-hydrogen) atoms. The highest BCUT2D eigenvalue weighted by Crippen LogP contribution is 2.33. The molecule has 1 aromatic carbocycles. The summed E-state index contributed by atoms with van der Waals surface area (Å²) in [5.74, 6) is 0.704. The van der Waals surface area contributed by atoms with E-state index in [0.29, 0.717) is 5.92 Å². The third-order valence-electron chi connectivity index (χ3n) is 3.08. The molecule has 1 unspecified atom stereocenters. The highest BCUT2D eigenvalue weighted by Gasteiger charge is 2.22. The average Bonchev–Trinajstić information content (AvgIpc) is 2.61. The summed E-state index contributed by atoms with van der Waals surface area (Å²) in [7, 11) is 0. The van der Waals surface area contributed by atoms with Crippen molar-refractivity contribution in [3.05, 3.63) is 59.2 Å². The third-order valence-corrected chi connectivity index (χ3v) is 3.08. The standard InChI is InChI=1S/C13H12/c1-2-5-11-9-13-7-3-6-12(13)8-10(11)4-1/h1-7,12H,8-9H2. The second-order valence-corrected chi connectivity index (χ2v) is 3.88. The molecule has 0 fully saturated rings. The Labute approximate surface area is 78.6 Å². The maximum Gasteiger partial charge on any atom is 0.00268 e. The van der Waals surface area contributed by atoms with Gasteiger partial charge in [0.2, 0.25) is 0 Å². The number of rotatable bonds is 0. The van der Waals surface area contributed by atoms with Crippen LogP contribution in [0.3, 0.4) is 0 Å². The Morgan fingerprint density at radius 2 is 1.92 bits per heavy atom. The van der Waals surface area contributed by atoms with E-state index in [1.54, 1.807) is 5.57 Å². The van der Waals surface area contributed by atoms with Crippen LogP contribution >= 0.6 is 0 Å². The van der Waals surface area contributed by atoms with Crippen LogP contribution in [0, 0.1) is 5.92 Å². The molecule has 0 aromatic heterocycles. The molecule has 0 saturated carbocycles. The molecule has 0 heterocycles. The monoisotopic (exact) mass is 168 g/mol. The quantitative estimate of drug-likeness (QED) is 0.558. The molecule has 0 amide bonds. The van der Waals surface area contributed by atoms with Crippen LogP contribution in [0.4, 0.5) is 0 Å². The molecule has 64 valence electrons. The Morgan fingerprint density at radius 3 is 2.85 bits per heavy atom. The second kappa shape index (κ2) is 2.59. The number of benzene rings is 1. The molecule has 3 rings (SSSR count). The molecule has 1 aromatic rings. The van der Waals surface area contributed by atoms with Gasteiger partial charge in [0.15, 0.2) is 0 Å². The number of hydrogen-bond donors (Lipinski definition) is 0. The number of allylic oxidation sites excluding steroid dienone is 4. The van der Waals surface area contributed by atoms with E-state index < -0.39 is 0 Å². The van der Waals surface area contributed by atoms with Gasteiger partial charge < -0.3 is 0 Å². The SMILES string of the molecule is C1=CC2Cc3ccccc3CC2=C1. The Morgan fingerprint density at radius 1 is 1.08 bits per heavy atom. The fourth-order valence-corrected chi connectivity index (χ4v) is 2.34. The minimum atomic E-state index is 0.704. The lowest BCUT2D eigenvalue weighted by Crippen LogP contribution is -2.13. The molecule has 1 atom stereocenters. The smallest absolute Gasteiger partial charge is 0.00268 e. The summed E-state index contributed by atoms with van der Waals surface area (Å²) < 4.78 is 0. The largest absolute Gasteiger partial charge is 0.0770 e. The van der Waals surface area contributed by atoms with E-state index in [1.807, 2.05) is 0 Å². The zero-order valence-electron chi connectivity index (χ0n) is 7.53. The van der Waals surface area contributed by atoms with Crippen LogP contribution in [0.2, 0.25) is 0 Å². The van der Waals surface area contributed by atoms with E-state index in [2.05, 4.69) is 42.5 Å². The molecule has 0 nitrogen and oxygen atoms in total. The van der Waals surface area contributed by atoms with Crippen LogP contribution in [0.5, 0.6) is 0 Å². The molecule has 0 radical (unpaired) electrons. The molecule has 0 bridgehead atoms. The lowest BCUT2D eigenvalue weighted by Gasteiger charge is -2.22. The first-order valence-electron chi connectivity index (χ1n) is 4.87. The summed E-state index contributed by atoms with van der Waals surface area (Å²) >= 11 is 0. The van der Waals surface area contributed by atoms with Crippen molar-refractivity contribution in [3.63, 3.8) is 0 Å². The fraction of sp³-hybridized carbons (Fsp3) is 0.231. The van der Waals surface area contributed by atoms with Crippen molar-refractivity contribution in [2.45, 2.75) is 12.8 Å². The zero-order valence-corrected chi connectivity index (χ0v) is 7.53. The van der Waals surface area contributed by atoms with Crippen molar-refractivity contribution in [2.75, 3.05) is 0 Å². The first-order chi connectivity index (χ1) is 6.43. The van der Waals surface area contributed by atoms with E-state index in [4.69, 9.17) is 0 Å². The van der Waals surface area contributed by atoms with Crippen molar-refractivity contribution >= 4 is 0 Å². The molecule has 2 aliphatic carbocycles. The van der Waals surface area contributed by atoms with Crippen LogP contribution in [0.15, 0.2) is 48.1 Å². The van der Waals surface area contributed by atoms with Gasteiger partial charge in [0, 0.05) is 5.92 Å². The number of hydrogen-bond acceptors (Lipinski definition) is 0. The third kappa shape index (κ3) is 1.06. The van der Waals surface area contributed by atoms with E-state index in [1.165, 1.54) is 17.5 Å². The highest BCUT2D eigenvalue weighted by atomic mass is 14.3. The predicted molar refractivity (Wildman–Crippen MR) is 54.6 cm³/mol. The van der Waals surface area contributed by atoms with E-state index in [-0.39, 0.29) is 0 Å². The van der Waals surface area contributed by atoms with Gasteiger partial charge in [-0.05, 0) is 24.0 Å². The zero-order chi connectivity index (χ0) is 8.67. The van der Waals surface area contributed by atoms with Gasteiger partial charge in [0.25, 0.3) is 0 Å². The highest BCUT2D eigenvalue weighted by molar-refractivity contribution is 5.42. The van der Waals surface area contributed by atoms with Crippen molar-refractivity contribution < 1.29 is 0 Å². The van der Waals surface area contributed by atoms with Crippen molar-refractivity contribution in [2.24, 2.45) is 5.92 Å². The minimum absolute atomic E-state index is 0.704. The molecular weight excluding hydrogens is 156 g/mol. The molecule has 0 aliphatic heterocycles. The summed E-state index contributed by atoms with van der Waals surface area (Å²) in [4.78, 5) is 0. The maximum absolute atomic E-state index is 2.32. The van der Waals surface area contributed by atoms with E-state index in [0.717, 1.165) is 6.42 Å². The second-order valence-electron chi connectivity index (χ2n) is 3.88. The van der Waals surface area contributed by atoms with Gasteiger partial charge in [-0.15, -0.1) is 0 Å². The minimum Gasteiger partial charge on any atom is -0.0770 e. The van der Waals surface area contributed by atoms with Gasteiger partial charge in [0.1, 0.15) is 0 Å². The van der Waals surface area contributed by atoms with Gasteiger partial charge in [0.05, 0.1) is 0 Å². The molecule has 2 aliphatic rings. The van der Waals surface area contributed by atoms with Gasteiger partial charge >= 0.3 is 0 Å². The summed E-state index contributed by atoms with van der Waals surface area (Å²) in [6.07, 6.45) is 9.17. The topological polar surface area (TPSA) is 0 Å². The lowest BCUT2D eigenvalue weighted by molar-refractivity contribution is 0.701. The molecule has 0 heteroatoms. The normalized spacial score (nSPS) is 23.7. The van der Waals surface area contributed by atoms with Gasteiger partial charge in [-0.25, -0.2) is 0 Å². The van der Waals surface area contributed by atoms with Crippen LogP contribution < -0.4 is 0 Å². The summed E-state index contributed by atoms with van der Waals surface area (Å²) in [5.41, 5.74) is 4.66. The molecular formula is C13H12. The Kier molecular flexibility index (Phi) is 1.42. The van der Waals surface area contributed by atoms with Gasteiger partial charge in [-0.1, -0.05) is 48.1 Å². The van der Waals surface area contributed by atoms with Crippen molar-refractivity contribution in [1.29, 1.82) is 0 Å². The summed E-state index contributed by atoms with van der Waals surface area (Å²) in [5, 5.41) is 0.